The molecular formula is C19H14IN3O4. The molecule has 0 spiro atoms. The van der Waals surface area contributed by atoms with Crippen LogP contribution in [0.2, 0.25) is 0 Å². The molecule has 1 heterocycles. The number of benzene rings is 2. The van der Waals surface area contributed by atoms with Crippen molar-refractivity contribution in [1.29, 1.82) is 0 Å². The molecule has 136 valence electrons. The molecule has 3 aromatic rings. The van der Waals surface area contributed by atoms with Gasteiger partial charge in [0.2, 0.25) is 0 Å². The summed E-state index contributed by atoms with van der Waals surface area (Å²) in [5.41, 5.74) is 4.06. The van der Waals surface area contributed by atoms with E-state index in [9.17, 15) is 14.9 Å². The van der Waals surface area contributed by atoms with Gasteiger partial charge < -0.3 is 4.42 Å². The Bertz CT molecular complexity index is 1040. The number of halogens is 1. The van der Waals surface area contributed by atoms with Crippen LogP contribution >= 0.6 is 22.6 Å². The molecule has 0 radical (unpaired) electrons. The standard InChI is InChI=1S/C19H14IN3O4/c1-12-5-7-16(17(9-12)23(25)26)18-8-6-15(27-18)11-21-22-19(24)13-3-2-4-14(20)10-13/h2-11H,1H3,(H,22,24). The molecule has 1 N–H and O–H groups in total. The monoisotopic (exact) mass is 475 g/mol. The van der Waals surface area contributed by atoms with Gasteiger partial charge in [0.25, 0.3) is 11.6 Å². The van der Waals surface area contributed by atoms with Gasteiger partial charge in [-0.1, -0.05) is 12.1 Å². The highest BCUT2D eigenvalue weighted by molar-refractivity contribution is 14.1. The van der Waals surface area contributed by atoms with Gasteiger partial charge in [0.05, 0.1) is 16.7 Å². The van der Waals surface area contributed by atoms with Crippen LogP contribution in [0.3, 0.4) is 0 Å². The van der Waals surface area contributed by atoms with E-state index in [1.807, 2.05) is 6.07 Å². The highest BCUT2D eigenvalue weighted by Gasteiger charge is 2.18. The highest BCUT2D eigenvalue weighted by Crippen LogP contribution is 2.31. The van der Waals surface area contributed by atoms with Crippen LogP contribution in [0.1, 0.15) is 21.7 Å². The molecule has 0 aliphatic rings. The van der Waals surface area contributed by atoms with Crippen LogP contribution in [0.15, 0.2) is 64.1 Å². The molecule has 1 aromatic heterocycles. The lowest BCUT2D eigenvalue weighted by molar-refractivity contribution is -0.384. The minimum absolute atomic E-state index is 0.0279. The molecule has 0 aliphatic carbocycles. The Balaban J connectivity index is 1.74. The molecule has 0 fully saturated rings. The van der Waals surface area contributed by atoms with Crippen molar-refractivity contribution in [3.05, 3.63) is 85.2 Å². The topological polar surface area (TPSA) is 97.7 Å². The predicted molar refractivity (Wildman–Crippen MR) is 110 cm³/mol. The maximum Gasteiger partial charge on any atom is 0.280 e. The molecule has 3 rings (SSSR count). The number of amides is 1. The van der Waals surface area contributed by atoms with Crippen LogP contribution in [0.25, 0.3) is 11.3 Å². The quantitative estimate of drug-likeness (QED) is 0.254. The Kier molecular flexibility index (Phi) is 5.65. The van der Waals surface area contributed by atoms with Crippen molar-refractivity contribution in [2.45, 2.75) is 6.92 Å². The molecule has 0 atom stereocenters. The number of aryl methyl sites for hydroxylation is 1. The minimum atomic E-state index is -0.444. The Morgan fingerprint density at radius 3 is 2.78 bits per heavy atom. The van der Waals surface area contributed by atoms with Crippen molar-refractivity contribution < 1.29 is 14.1 Å². The fourth-order valence-corrected chi connectivity index (χ4v) is 2.96. The normalized spacial score (nSPS) is 10.9. The van der Waals surface area contributed by atoms with Gasteiger partial charge in [-0.15, -0.1) is 0 Å². The van der Waals surface area contributed by atoms with Gasteiger partial charge in [-0.2, -0.15) is 5.10 Å². The summed E-state index contributed by atoms with van der Waals surface area (Å²) in [6.07, 6.45) is 1.34. The average Bonchev–Trinajstić information content (AvgIpc) is 3.10. The summed E-state index contributed by atoms with van der Waals surface area (Å²) in [5, 5.41) is 15.1. The number of carbonyl (C=O) groups excluding carboxylic acids is 1. The van der Waals surface area contributed by atoms with Crippen molar-refractivity contribution in [3.8, 4) is 11.3 Å². The maximum atomic E-state index is 12.0. The summed E-state index contributed by atoms with van der Waals surface area (Å²) >= 11 is 2.12. The molecule has 0 unspecified atom stereocenters. The van der Waals surface area contributed by atoms with Crippen LogP contribution in [-0.4, -0.2) is 17.0 Å². The van der Waals surface area contributed by atoms with Crippen molar-refractivity contribution in [2.24, 2.45) is 5.10 Å². The van der Waals surface area contributed by atoms with E-state index in [2.05, 4.69) is 33.1 Å². The van der Waals surface area contributed by atoms with E-state index in [0.29, 0.717) is 22.6 Å². The van der Waals surface area contributed by atoms with Gasteiger partial charge in [0.1, 0.15) is 11.5 Å². The van der Waals surface area contributed by atoms with Crippen LogP contribution in [0, 0.1) is 20.6 Å². The fraction of sp³-hybridized carbons (Fsp3) is 0.0526. The van der Waals surface area contributed by atoms with Gasteiger partial charge in [0, 0.05) is 15.2 Å². The summed E-state index contributed by atoms with van der Waals surface area (Å²) in [7, 11) is 0. The number of nitro groups is 1. The lowest BCUT2D eigenvalue weighted by Crippen LogP contribution is -2.17. The summed E-state index contributed by atoms with van der Waals surface area (Å²) < 4.78 is 6.54. The summed E-state index contributed by atoms with van der Waals surface area (Å²) in [6, 6.07) is 15.3. The second-order valence-corrected chi connectivity index (χ2v) is 6.93. The molecule has 1 amide bonds. The molecule has 0 bridgehead atoms. The van der Waals surface area contributed by atoms with E-state index in [1.54, 1.807) is 49.4 Å². The van der Waals surface area contributed by atoms with E-state index >= 15 is 0 Å². The molecule has 0 aliphatic heterocycles. The van der Waals surface area contributed by atoms with Crippen molar-refractivity contribution in [2.75, 3.05) is 0 Å². The van der Waals surface area contributed by atoms with Crippen molar-refractivity contribution in [1.82, 2.24) is 5.43 Å². The second kappa shape index (κ2) is 8.12. The van der Waals surface area contributed by atoms with Gasteiger partial charge in [-0.25, -0.2) is 5.43 Å². The molecule has 8 heteroatoms. The lowest BCUT2D eigenvalue weighted by atomic mass is 10.1. The Morgan fingerprint density at radius 2 is 2.04 bits per heavy atom. The third kappa shape index (κ3) is 4.59. The first kappa shape index (κ1) is 18.8. The first-order valence-electron chi connectivity index (χ1n) is 7.88. The Labute approximate surface area is 168 Å². The van der Waals surface area contributed by atoms with E-state index in [1.165, 1.54) is 12.3 Å². The minimum Gasteiger partial charge on any atom is -0.455 e. The number of hydrogen-bond donors (Lipinski definition) is 1. The number of hydrogen-bond acceptors (Lipinski definition) is 5. The molecular weight excluding hydrogens is 461 g/mol. The van der Waals surface area contributed by atoms with Crippen molar-refractivity contribution in [3.63, 3.8) is 0 Å². The van der Waals surface area contributed by atoms with Crippen LogP contribution in [-0.2, 0) is 0 Å². The Morgan fingerprint density at radius 1 is 1.22 bits per heavy atom. The highest BCUT2D eigenvalue weighted by atomic mass is 127. The lowest BCUT2D eigenvalue weighted by Gasteiger charge is -2.01. The maximum absolute atomic E-state index is 12.0. The number of hydrazone groups is 1. The van der Waals surface area contributed by atoms with E-state index < -0.39 is 4.92 Å². The first-order chi connectivity index (χ1) is 12.9. The zero-order valence-corrected chi connectivity index (χ0v) is 16.3. The predicted octanol–water partition coefficient (Wildman–Crippen LogP) is 4.53. The third-order valence-corrected chi connectivity index (χ3v) is 4.36. The summed E-state index contributed by atoms with van der Waals surface area (Å²) in [6.45, 7) is 1.79. The third-order valence-electron chi connectivity index (χ3n) is 3.69. The fourth-order valence-electron chi connectivity index (χ4n) is 2.42. The van der Waals surface area contributed by atoms with Gasteiger partial charge in [0.15, 0.2) is 0 Å². The van der Waals surface area contributed by atoms with Crippen LogP contribution in [0.5, 0.6) is 0 Å². The van der Waals surface area contributed by atoms with Crippen LogP contribution in [0.4, 0.5) is 5.69 Å². The Hall–Kier alpha value is -3.01. The number of carbonyl (C=O) groups is 1. The summed E-state index contributed by atoms with van der Waals surface area (Å²) in [5.74, 6) is 0.376. The van der Waals surface area contributed by atoms with E-state index in [4.69, 9.17) is 4.42 Å². The number of nitro benzene ring substituents is 1. The molecule has 7 nitrogen and oxygen atoms in total. The number of nitrogens with one attached hydrogen (secondary N) is 1. The van der Waals surface area contributed by atoms with Gasteiger partial charge in [-0.05, 0) is 71.5 Å². The van der Waals surface area contributed by atoms with E-state index in [-0.39, 0.29) is 11.6 Å². The second-order valence-electron chi connectivity index (χ2n) is 5.69. The first-order valence-corrected chi connectivity index (χ1v) is 8.96. The van der Waals surface area contributed by atoms with Crippen LogP contribution < -0.4 is 5.43 Å². The number of rotatable bonds is 5. The number of nitrogens with zero attached hydrogens (tertiary/aromatic N) is 2. The van der Waals surface area contributed by atoms with E-state index in [0.717, 1.165) is 9.13 Å². The molecule has 2 aromatic carbocycles. The smallest absolute Gasteiger partial charge is 0.280 e. The van der Waals surface area contributed by atoms with Gasteiger partial charge >= 0.3 is 0 Å². The summed E-state index contributed by atoms with van der Waals surface area (Å²) in [4.78, 5) is 22.8. The van der Waals surface area contributed by atoms with Crippen molar-refractivity contribution >= 4 is 40.4 Å². The van der Waals surface area contributed by atoms with Gasteiger partial charge in [-0.3, -0.25) is 14.9 Å². The molecule has 0 saturated carbocycles. The molecule has 0 saturated heterocycles. The number of furan rings is 1. The SMILES string of the molecule is Cc1ccc(-c2ccc(C=NNC(=O)c3cccc(I)c3)o2)c([N+](=O)[O-])c1. The zero-order chi connectivity index (χ0) is 19.4. The largest absolute Gasteiger partial charge is 0.455 e. The molecule has 27 heavy (non-hydrogen) atoms. The zero-order valence-electron chi connectivity index (χ0n) is 14.2. The average molecular weight is 475 g/mol.